The molecular formula is C35H32BrClN2O2. The first-order chi connectivity index (χ1) is 20.0. The van der Waals surface area contributed by atoms with Gasteiger partial charge in [-0.1, -0.05) is 71.8 Å². The van der Waals surface area contributed by atoms with Gasteiger partial charge in [-0.3, -0.25) is 4.99 Å². The largest absolute Gasteiger partial charge is 0.490 e. The van der Waals surface area contributed by atoms with Crippen LogP contribution < -0.4 is 14.8 Å². The van der Waals surface area contributed by atoms with Crippen molar-refractivity contribution in [1.29, 1.82) is 0 Å². The lowest BCUT2D eigenvalue weighted by Crippen LogP contribution is -2.29. The standard InChI is InChI=1S/C35H32BrClN2O2/c1-3-40-33-19-23(18-30(36)35(33)41-21-25-7-4-5-10-31(25)37)20-38-26-14-12-24(13-15-26)34-28-9-6-8-27(28)29-17-22(2)11-16-32(29)39-34/h4-8,10-20,27-28,34,39H,3,9,21H2,1-2H3/t27-,28+,34+/m1/s1. The molecule has 0 bridgehead atoms. The minimum atomic E-state index is 0.270. The van der Waals surface area contributed by atoms with Crippen LogP contribution in [-0.4, -0.2) is 12.8 Å². The van der Waals surface area contributed by atoms with Crippen molar-refractivity contribution in [3.8, 4) is 11.5 Å². The highest BCUT2D eigenvalue weighted by Gasteiger charge is 2.37. The number of allylic oxidation sites excluding steroid dienone is 2. The molecule has 0 saturated carbocycles. The Bertz CT molecular complexity index is 1620. The Balaban J connectivity index is 1.18. The van der Waals surface area contributed by atoms with Crippen LogP contribution in [0.5, 0.6) is 11.5 Å². The van der Waals surface area contributed by atoms with Crippen LogP contribution in [0.25, 0.3) is 0 Å². The molecule has 6 rings (SSSR count). The molecule has 208 valence electrons. The fraction of sp³-hybridized carbons (Fsp3) is 0.229. The minimum absolute atomic E-state index is 0.270. The molecule has 0 saturated heterocycles. The van der Waals surface area contributed by atoms with E-state index >= 15 is 0 Å². The van der Waals surface area contributed by atoms with Crippen LogP contribution in [0.3, 0.4) is 0 Å². The van der Waals surface area contributed by atoms with Gasteiger partial charge in [-0.2, -0.15) is 0 Å². The van der Waals surface area contributed by atoms with Gasteiger partial charge >= 0.3 is 0 Å². The number of fused-ring (bicyclic) bond motifs is 3. The van der Waals surface area contributed by atoms with Gasteiger partial charge in [-0.15, -0.1) is 0 Å². The number of aryl methyl sites for hydroxylation is 1. The van der Waals surface area contributed by atoms with E-state index in [0.29, 0.717) is 41.6 Å². The number of halogens is 2. The molecular weight excluding hydrogens is 596 g/mol. The number of hydrogen-bond donors (Lipinski definition) is 1. The van der Waals surface area contributed by atoms with Gasteiger partial charge < -0.3 is 14.8 Å². The fourth-order valence-electron chi connectivity index (χ4n) is 5.79. The van der Waals surface area contributed by atoms with Crippen molar-refractivity contribution < 1.29 is 9.47 Å². The quantitative estimate of drug-likeness (QED) is 0.156. The van der Waals surface area contributed by atoms with Gasteiger partial charge in [0.1, 0.15) is 6.61 Å². The van der Waals surface area contributed by atoms with Gasteiger partial charge in [0, 0.05) is 28.4 Å². The number of hydrogen-bond acceptors (Lipinski definition) is 4. The second-order valence-electron chi connectivity index (χ2n) is 10.6. The Morgan fingerprint density at radius 1 is 1.02 bits per heavy atom. The van der Waals surface area contributed by atoms with Crippen molar-refractivity contribution in [2.45, 2.75) is 38.8 Å². The smallest absolute Gasteiger partial charge is 0.175 e. The third-order valence-corrected chi connectivity index (χ3v) is 8.75. The molecule has 2 aliphatic rings. The van der Waals surface area contributed by atoms with Gasteiger partial charge in [0.25, 0.3) is 0 Å². The summed E-state index contributed by atoms with van der Waals surface area (Å²) < 4.78 is 12.8. The maximum Gasteiger partial charge on any atom is 0.175 e. The summed E-state index contributed by atoms with van der Waals surface area (Å²) in [6.45, 7) is 4.99. The van der Waals surface area contributed by atoms with Crippen LogP contribution in [0.2, 0.25) is 5.02 Å². The van der Waals surface area contributed by atoms with Crippen molar-refractivity contribution in [3.63, 3.8) is 0 Å². The lowest BCUT2D eigenvalue weighted by molar-refractivity contribution is 0.267. The summed E-state index contributed by atoms with van der Waals surface area (Å²) in [5.74, 6) is 2.28. The highest BCUT2D eigenvalue weighted by molar-refractivity contribution is 9.10. The summed E-state index contributed by atoms with van der Waals surface area (Å²) >= 11 is 9.98. The number of ether oxygens (including phenoxy) is 2. The Hall–Kier alpha value is -3.54. The third kappa shape index (κ3) is 5.93. The monoisotopic (exact) mass is 626 g/mol. The van der Waals surface area contributed by atoms with E-state index < -0.39 is 0 Å². The van der Waals surface area contributed by atoms with Crippen molar-refractivity contribution in [2.24, 2.45) is 10.9 Å². The molecule has 0 unspecified atom stereocenters. The van der Waals surface area contributed by atoms with E-state index in [-0.39, 0.29) is 6.04 Å². The zero-order valence-corrected chi connectivity index (χ0v) is 25.5. The number of anilines is 1. The van der Waals surface area contributed by atoms with Crippen LogP contribution in [0.1, 0.15) is 53.1 Å². The van der Waals surface area contributed by atoms with E-state index in [0.717, 1.165) is 27.7 Å². The summed E-state index contributed by atoms with van der Waals surface area (Å²) in [6, 6.07) is 27.2. The Morgan fingerprint density at radius 2 is 1.85 bits per heavy atom. The first-order valence-electron chi connectivity index (χ1n) is 14.0. The summed E-state index contributed by atoms with van der Waals surface area (Å²) in [5.41, 5.74) is 7.98. The van der Waals surface area contributed by atoms with Gasteiger partial charge in [0.2, 0.25) is 0 Å². The van der Waals surface area contributed by atoms with Gasteiger partial charge in [0.15, 0.2) is 11.5 Å². The zero-order chi connectivity index (χ0) is 28.3. The van der Waals surface area contributed by atoms with Crippen molar-refractivity contribution in [3.05, 3.63) is 128 Å². The molecule has 1 aliphatic carbocycles. The third-order valence-electron chi connectivity index (χ3n) is 7.79. The molecule has 6 heteroatoms. The molecule has 1 N–H and O–H groups in total. The fourth-order valence-corrected chi connectivity index (χ4v) is 6.56. The van der Waals surface area contributed by atoms with E-state index in [1.54, 1.807) is 0 Å². The van der Waals surface area contributed by atoms with E-state index in [4.69, 9.17) is 26.1 Å². The number of nitrogens with one attached hydrogen (secondary N) is 1. The lowest BCUT2D eigenvalue weighted by Gasteiger charge is -2.37. The molecule has 41 heavy (non-hydrogen) atoms. The van der Waals surface area contributed by atoms with Crippen LogP contribution in [-0.2, 0) is 6.61 Å². The minimum Gasteiger partial charge on any atom is -0.490 e. The van der Waals surface area contributed by atoms with E-state index in [1.807, 2.05) is 49.5 Å². The van der Waals surface area contributed by atoms with Crippen LogP contribution in [0.4, 0.5) is 11.4 Å². The van der Waals surface area contributed by atoms with Crippen LogP contribution >= 0.6 is 27.5 Å². The summed E-state index contributed by atoms with van der Waals surface area (Å²) in [4.78, 5) is 4.76. The van der Waals surface area contributed by atoms with Gasteiger partial charge in [-0.25, -0.2) is 0 Å². The molecule has 0 fully saturated rings. The molecule has 1 heterocycles. The zero-order valence-electron chi connectivity index (χ0n) is 23.1. The Morgan fingerprint density at radius 3 is 2.66 bits per heavy atom. The van der Waals surface area contributed by atoms with E-state index in [9.17, 15) is 0 Å². The highest BCUT2D eigenvalue weighted by atomic mass is 79.9. The molecule has 0 amide bonds. The van der Waals surface area contributed by atoms with Crippen molar-refractivity contribution >= 4 is 45.1 Å². The number of nitrogens with zero attached hydrogens (tertiary/aromatic N) is 1. The van der Waals surface area contributed by atoms with Gasteiger partial charge in [-0.05, 0) is 95.2 Å². The molecule has 0 spiro atoms. The SMILES string of the molecule is CCOc1cc(C=Nc2ccc([C@@H]3Nc4ccc(C)cc4[C@@H]4C=CC[C@@H]43)cc2)cc(Br)c1OCc1ccccc1Cl. The first-order valence-corrected chi connectivity index (χ1v) is 15.2. The highest BCUT2D eigenvalue weighted by Crippen LogP contribution is 2.50. The predicted molar refractivity (Wildman–Crippen MR) is 172 cm³/mol. The molecule has 4 aromatic carbocycles. The van der Waals surface area contributed by atoms with E-state index in [1.165, 1.54) is 22.4 Å². The van der Waals surface area contributed by atoms with Crippen LogP contribution in [0.15, 0.2) is 100 Å². The average molecular weight is 628 g/mol. The predicted octanol–water partition coefficient (Wildman–Crippen LogP) is 9.97. The average Bonchev–Trinajstić information content (AvgIpc) is 3.47. The second-order valence-corrected chi connectivity index (χ2v) is 11.8. The molecule has 1 aliphatic heterocycles. The van der Waals surface area contributed by atoms with Crippen LogP contribution in [0, 0.1) is 12.8 Å². The van der Waals surface area contributed by atoms with E-state index in [2.05, 4.69) is 82.8 Å². The molecule has 4 aromatic rings. The maximum absolute atomic E-state index is 6.31. The Labute approximate surface area is 255 Å². The molecule has 3 atom stereocenters. The molecule has 4 nitrogen and oxygen atoms in total. The maximum atomic E-state index is 6.31. The number of rotatable bonds is 8. The summed E-state index contributed by atoms with van der Waals surface area (Å²) in [5, 5.41) is 4.50. The normalized spacial score (nSPS) is 19.1. The number of aliphatic imine (C=N–C) groups is 1. The molecule has 0 aromatic heterocycles. The van der Waals surface area contributed by atoms with Crippen molar-refractivity contribution in [1.82, 2.24) is 0 Å². The topological polar surface area (TPSA) is 42.8 Å². The van der Waals surface area contributed by atoms with Crippen molar-refractivity contribution in [2.75, 3.05) is 11.9 Å². The summed E-state index contributed by atoms with van der Waals surface area (Å²) in [6.07, 6.45) is 7.67. The second kappa shape index (κ2) is 12.1. The molecule has 0 radical (unpaired) electrons. The first kappa shape index (κ1) is 27.6. The Kier molecular flexibility index (Phi) is 8.18. The van der Waals surface area contributed by atoms with Gasteiger partial charge in [0.05, 0.1) is 22.8 Å². The summed E-state index contributed by atoms with van der Waals surface area (Å²) in [7, 11) is 0. The lowest BCUT2D eigenvalue weighted by atomic mass is 9.76. The number of benzene rings is 4.